The third-order valence-corrected chi connectivity index (χ3v) is 10.1. The number of aliphatic hydroxyl groups is 1. The predicted molar refractivity (Wildman–Crippen MR) is 137 cm³/mol. The zero-order valence-electron chi connectivity index (χ0n) is 22.1. The molecule has 1 aromatic heterocycles. The van der Waals surface area contributed by atoms with Gasteiger partial charge < -0.3 is 26.0 Å². The first-order valence-electron chi connectivity index (χ1n) is 13.3. The van der Waals surface area contributed by atoms with Crippen LogP contribution in [0, 0.1) is 34.0 Å². The van der Waals surface area contributed by atoms with Crippen LogP contribution in [-0.4, -0.2) is 51.2 Å². The number of nitrogens with one attached hydrogen (secondary N) is 1. The number of rotatable bonds is 5. The highest BCUT2D eigenvalue weighted by atomic mass is 16.6. The number of hydrogen-bond acceptors (Lipinski definition) is 10. The molecule has 0 saturated heterocycles. The Balaban J connectivity index is 1.33. The molecule has 2 bridgehead atoms. The Labute approximate surface area is 225 Å². The number of nitrogens with two attached hydrogens (primary N) is 2. The van der Waals surface area contributed by atoms with Crippen molar-refractivity contribution in [2.75, 3.05) is 5.73 Å². The molecule has 1 spiro atoms. The quantitative estimate of drug-likeness (QED) is 0.401. The normalized spacial score (nSPS) is 38.3. The molecule has 12 heteroatoms. The fraction of sp³-hybridized carbons (Fsp3) is 0.630. The number of Topliss-reactive ketones (excluding diaryl/α,β-unsaturated/α-hetero) is 1. The van der Waals surface area contributed by atoms with Gasteiger partial charge in [0.05, 0.1) is 18.0 Å². The van der Waals surface area contributed by atoms with Gasteiger partial charge in [-0.3, -0.25) is 9.59 Å². The first kappa shape index (κ1) is 27.0. The second-order valence-electron chi connectivity index (χ2n) is 11.9. The minimum Gasteiger partial charge on any atom is -0.445 e. The molecule has 6 N–H and O–H groups in total. The van der Waals surface area contributed by atoms with Crippen molar-refractivity contribution in [2.45, 2.75) is 71.2 Å². The summed E-state index contributed by atoms with van der Waals surface area (Å²) in [6.07, 6.45) is 3.32. The van der Waals surface area contributed by atoms with E-state index in [1.165, 1.54) is 6.20 Å². The maximum absolute atomic E-state index is 13.3. The van der Waals surface area contributed by atoms with E-state index in [0.717, 1.165) is 19.3 Å². The number of nitrogen functional groups attached to an aromatic ring is 1. The Kier molecular flexibility index (Phi) is 6.44. The monoisotopic (exact) mass is 541 g/mol. The molecule has 1 aromatic rings. The van der Waals surface area contributed by atoms with Gasteiger partial charge in [-0.1, -0.05) is 19.9 Å². The van der Waals surface area contributed by atoms with Gasteiger partial charge in [0, 0.05) is 23.2 Å². The largest absolute Gasteiger partial charge is 0.445 e. The molecule has 8 atom stereocenters. The second-order valence-corrected chi connectivity index (χ2v) is 11.9. The van der Waals surface area contributed by atoms with E-state index in [4.69, 9.17) is 20.9 Å². The van der Waals surface area contributed by atoms with E-state index in [2.05, 4.69) is 21.9 Å². The Morgan fingerprint density at radius 1 is 1.28 bits per heavy atom. The van der Waals surface area contributed by atoms with Gasteiger partial charge in [0.1, 0.15) is 18.5 Å². The van der Waals surface area contributed by atoms with Crippen LogP contribution in [0.3, 0.4) is 0 Å². The molecular weight excluding hydrogens is 506 g/mol. The highest BCUT2D eigenvalue weighted by Gasteiger charge is 2.77. The van der Waals surface area contributed by atoms with Crippen molar-refractivity contribution in [3.05, 3.63) is 30.2 Å². The molecule has 0 aliphatic heterocycles. The number of carbonyl (C=O) groups is 4. The van der Waals surface area contributed by atoms with Crippen molar-refractivity contribution in [2.24, 2.45) is 39.7 Å². The van der Waals surface area contributed by atoms with E-state index in [1.54, 1.807) is 6.08 Å². The fourth-order valence-electron chi connectivity index (χ4n) is 7.96. The number of alkyl carbamates (subject to hydrolysis) is 2. The highest BCUT2D eigenvalue weighted by molar-refractivity contribution is 5.95. The number of aliphatic hydroxyl groups excluding tert-OH is 1. The number of carbonyl (C=O) groups excluding carboxylic acids is 4. The van der Waals surface area contributed by atoms with Crippen molar-refractivity contribution >= 4 is 29.7 Å². The molecule has 3 amide bonds. The molecule has 4 aliphatic rings. The van der Waals surface area contributed by atoms with Gasteiger partial charge in [0.15, 0.2) is 11.5 Å². The van der Waals surface area contributed by atoms with Crippen LogP contribution in [0.1, 0.15) is 68.6 Å². The van der Waals surface area contributed by atoms with Crippen LogP contribution in [0.5, 0.6) is 0 Å². The molecule has 1 heterocycles. The Morgan fingerprint density at radius 3 is 2.72 bits per heavy atom. The topological polar surface area (TPSA) is 197 Å². The highest BCUT2D eigenvalue weighted by Crippen LogP contribution is 2.77. The molecule has 39 heavy (non-hydrogen) atoms. The van der Waals surface area contributed by atoms with Gasteiger partial charge >= 0.3 is 12.2 Å². The summed E-state index contributed by atoms with van der Waals surface area (Å²) < 4.78 is 11.0. The number of hydrogen-bond donors (Lipinski definition) is 4. The number of imide groups is 1. The first-order chi connectivity index (χ1) is 18.4. The average molecular weight is 542 g/mol. The Morgan fingerprint density at radius 2 is 2.03 bits per heavy atom. The third kappa shape index (κ3) is 4.16. The molecule has 4 saturated carbocycles. The number of nitrogens with zero attached hydrogens (tertiary/aromatic N) is 2. The summed E-state index contributed by atoms with van der Waals surface area (Å²) in [6.45, 7) is 7.51. The Bertz CT molecular complexity index is 1250. The van der Waals surface area contributed by atoms with Crippen molar-refractivity contribution in [3.8, 4) is 0 Å². The number of anilines is 1. The summed E-state index contributed by atoms with van der Waals surface area (Å²) in [7, 11) is 0. The summed E-state index contributed by atoms with van der Waals surface area (Å²) >= 11 is 0. The summed E-state index contributed by atoms with van der Waals surface area (Å²) in [6, 6.07) is 0. The summed E-state index contributed by atoms with van der Waals surface area (Å²) in [5, 5.41) is 13.6. The van der Waals surface area contributed by atoms with Gasteiger partial charge in [0.2, 0.25) is 0 Å². The van der Waals surface area contributed by atoms with Crippen LogP contribution in [0.15, 0.2) is 18.9 Å². The summed E-state index contributed by atoms with van der Waals surface area (Å²) in [4.78, 5) is 57.8. The minimum atomic E-state index is -1.09. The Hall–Kier alpha value is -3.54. The van der Waals surface area contributed by atoms with Gasteiger partial charge in [-0.15, -0.1) is 6.58 Å². The number of aromatic nitrogens is 2. The van der Waals surface area contributed by atoms with E-state index < -0.39 is 47.7 Å². The smallest absolute Gasteiger partial charge is 0.417 e. The van der Waals surface area contributed by atoms with Crippen LogP contribution in [0.4, 0.5) is 15.4 Å². The van der Waals surface area contributed by atoms with E-state index in [-0.39, 0.29) is 52.6 Å². The summed E-state index contributed by atoms with van der Waals surface area (Å²) in [5.41, 5.74) is 8.97. The molecule has 4 fully saturated rings. The molecule has 5 rings (SSSR count). The van der Waals surface area contributed by atoms with Crippen LogP contribution in [0.2, 0.25) is 0 Å². The number of ether oxygens (including phenoxy) is 2. The van der Waals surface area contributed by atoms with E-state index in [9.17, 15) is 24.3 Å². The summed E-state index contributed by atoms with van der Waals surface area (Å²) in [5.74, 6) is -1.04. The number of amides is 3. The zero-order chi connectivity index (χ0) is 28.3. The van der Waals surface area contributed by atoms with Crippen molar-refractivity contribution < 1.29 is 33.8 Å². The van der Waals surface area contributed by atoms with Gasteiger partial charge in [-0.05, 0) is 49.4 Å². The molecule has 12 nitrogen and oxygen atoms in total. The number of primary amides is 1. The minimum absolute atomic E-state index is 0.101. The molecule has 0 unspecified atom stereocenters. The zero-order valence-corrected chi connectivity index (χ0v) is 22.1. The molecular formula is C27H35N5O7. The number of ketones is 1. The molecule has 0 radical (unpaired) electrons. The fourth-order valence-corrected chi connectivity index (χ4v) is 7.96. The van der Waals surface area contributed by atoms with Gasteiger partial charge in [-0.2, -0.15) is 0 Å². The standard InChI is InChI=1S/C27H35N5O7/c1-4-25(3)10-17(27-9-14(27)5-7-26(13(2)20(25)34)8-6-16(33)19(26)27)39-24(37)32-23(36)38-12-15-11-30-21(28)18(31-15)22(29)35/h4,11,13-14,17,19-20,34H,1,5-10,12H2,2-3H3,(H2,28,30)(H2,29,35)(H,32,36,37)/t13-,14-,17+,19+,20-,25+,26-,27-/m0/s1. The lowest BCUT2D eigenvalue weighted by Crippen LogP contribution is -2.58. The van der Waals surface area contributed by atoms with Crippen LogP contribution in [0.25, 0.3) is 0 Å². The molecule has 4 aliphatic carbocycles. The lowest BCUT2D eigenvalue weighted by atomic mass is 9.50. The van der Waals surface area contributed by atoms with E-state index in [0.29, 0.717) is 12.8 Å². The van der Waals surface area contributed by atoms with Gasteiger partial charge in [0.25, 0.3) is 5.91 Å². The average Bonchev–Trinajstić information content (AvgIpc) is 3.55. The van der Waals surface area contributed by atoms with E-state index >= 15 is 0 Å². The third-order valence-electron chi connectivity index (χ3n) is 10.1. The van der Waals surface area contributed by atoms with Crippen molar-refractivity contribution in [1.82, 2.24) is 15.3 Å². The molecule has 0 aromatic carbocycles. The maximum atomic E-state index is 13.3. The SMILES string of the molecule is C=C[C@]1(C)C[C@@H](OC(=O)NC(=O)OCc2cnc(N)c(C(N)=O)n2)[C@]23C[C@@H]2CC[C@]2(CCC(=O)[C@H]23)[C@@H](C)[C@@H]1O. The van der Waals surface area contributed by atoms with Crippen molar-refractivity contribution in [1.29, 1.82) is 0 Å². The van der Waals surface area contributed by atoms with Crippen LogP contribution in [-0.2, 0) is 20.9 Å². The second kappa shape index (κ2) is 9.29. The lowest BCUT2D eigenvalue weighted by Gasteiger charge is -2.55. The van der Waals surface area contributed by atoms with Crippen LogP contribution < -0.4 is 16.8 Å². The lowest BCUT2D eigenvalue weighted by molar-refractivity contribution is -0.156. The predicted octanol–water partition coefficient (Wildman–Crippen LogP) is 2.25. The van der Waals surface area contributed by atoms with E-state index in [1.807, 2.05) is 13.8 Å². The maximum Gasteiger partial charge on any atom is 0.417 e. The van der Waals surface area contributed by atoms with Crippen molar-refractivity contribution in [3.63, 3.8) is 0 Å². The van der Waals surface area contributed by atoms with Crippen LogP contribution >= 0.6 is 0 Å². The van der Waals surface area contributed by atoms with Gasteiger partial charge in [-0.25, -0.2) is 24.9 Å². The first-order valence-corrected chi connectivity index (χ1v) is 13.3. The molecule has 210 valence electrons.